The van der Waals surface area contributed by atoms with Crippen LogP contribution < -0.4 is 15.5 Å². The summed E-state index contributed by atoms with van der Waals surface area (Å²) in [5, 5.41) is 5.53. The summed E-state index contributed by atoms with van der Waals surface area (Å²) >= 11 is 0. The highest BCUT2D eigenvalue weighted by atomic mass is 16.2. The fraction of sp³-hybridized carbons (Fsp3) is 0.417. The Labute approximate surface area is 178 Å². The highest BCUT2D eigenvalue weighted by Crippen LogP contribution is 2.32. The Morgan fingerprint density at radius 1 is 1.00 bits per heavy atom. The number of nitrogens with one attached hydrogen (secondary N) is 2. The van der Waals surface area contributed by atoms with Gasteiger partial charge in [-0.25, -0.2) is 0 Å². The first-order valence-electron chi connectivity index (χ1n) is 10.7. The number of benzene rings is 2. The number of likely N-dealkylation sites (tertiary alicyclic amines) is 1. The van der Waals surface area contributed by atoms with Gasteiger partial charge < -0.3 is 15.5 Å². The normalized spacial score (nSPS) is 16.9. The zero-order valence-electron chi connectivity index (χ0n) is 17.8. The molecule has 0 bridgehead atoms. The summed E-state index contributed by atoms with van der Waals surface area (Å²) < 4.78 is 0. The van der Waals surface area contributed by atoms with E-state index in [2.05, 4.69) is 45.7 Å². The second kappa shape index (κ2) is 8.88. The van der Waals surface area contributed by atoms with E-state index in [1.165, 1.54) is 29.7 Å². The molecular formula is C24H30N4O2. The maximum atomic E-state index is 12.4. The maximum absolute atomic E-state index is 12.4. The monoisotopic (exact) mass is 406 g/mol. The van der Waals surface area contributed by atoms with Crippen molar-refractivity contribution in [3.05, 3.63) is 59.2 Å². The molecule has 0 saturated carbocycles. The molecule has 2 heterocycles. The number of anilines is 2. The summed E-state index contributed by atoms with van der Waals surface area (Å²) in [5.74, 6) is -1.23. The van der Waals surface area contributed by atoms with E-state index in [-0.39, 0.29) is 6.04 Å². The smallest absolute Gasteiger partial charge is 0.313 e. The lowest BCUT2D eigenvalue weighted by atomic mass is 10.0. The molecule has 1 fully saturated rings. The summed E-state index contributed by atoms with van der Waals surface area (Å²) in [6.07, 6.45) is 3.40. The minimum Gasteiger partial charge on any atom is -0.374 e. The summed E-state index contributed by atoms with van der Waals surface area (Å²) in [6.45, 7) is 5.49. The van der Waals surface area contributed by atoms with E-state index in [0.29, 0.717) is 12.2 Å². The lowest BCUT2D eigenvalue weighted by Gasteiger charge is -2.28. The van der Waals surface area contributed by atoms with Gasteiger partial charge in [-0.05, 0) is 68.6 Å². The third-order valence-electron chi connectivity index (χ3n) is 6.17. The predicted molar refractivity (Wildman–Crippen MR) is 120 cm³/mol. The Morgan fingerprint density at radius 2 is 1.73 bits per heavy atom. The topological polar surface area (TPSA) is 64.7 Å². The van der Waals surface area contributed by atoms with Gasteiger partial charge in [0.05, 0.1) is 6.04 Å². The molecule has 4 rings (SSSR count). The van der Waals surface area contributed by atoms with Crippen molar-refractivity contribution in [1.29, 1.82) is 0 Å². The molecule has 1 unspecified atom stereocenters. The summed E-state index contributed by atoms with van der Waals surface area (Å²) in [6, 6.07) is 14.1. The Kier molecular flexibility index (Phi) is 6.04. The van der Waals surface area contributed by atoms with E-state index in [1.807, 2.05) is 19.1 Å². The fourth-order valence-electron chi connectivity index (χ4n) is 4.40. The van der Waals surface area contributed by atoms with E-state index in [4.69, 9.17) is 0 Å². The lowest BCUT2D eigenvalue weighted by molar-refractivity contribution is -0.136. The van der Waals surface area contributed by atoms with Crippen LogP contribution in [-0.4, -0.2) is 49.9 Å². The second-order valence-corrected chi connectivity index (χ2v) is 8.35. The van der Waals surface area contributed by atoms with Gasteiger partial charge >= 0.3 is 11.8 Å². The van der Waals surface area contributed by atoms with Gasteiger partial charge in [-0.2, -0.15) is 0 Å². The van der Waals surface area contributed by atoms with Gasteiger partial charge in [-0.15, -0.1) is 0 Å². The number of carbonyl (C=O) groups excluding carboxylic acids is 2. The molecule has 2 amide bonds. The highest BCUT2D eigenvalue weighted by Gasteiger charge is 2.27. The molecule has 0 radical (unpaired) electrons. The first-order chi connectivity index (χ1) is 14.5. The number of nitrogens with zero attached hydrogens (tertiary/aromatic N) is 2. The van der Waals surface area contributed by atoms with Crippen molar-refractivity contribution in [3.8, 4) is 0 Å². The Balaban J connectivity index is 1.43. The van der Waals surface area contributed by atoms with Crippen LogP contribution in [0.5, 0.6) is 0 Å². The molecule has 2 aliphatic heterocycles. The van der Waals surface area contributed by atoms with Crippen LogP contribution in [0.3, 0.4) is 0 Å². The molecule has 1 saturated heterocycles. The number of amides is 2. The van der Waals surface area contributed by atoms with Gasteiger partial charge in [0.15, 0.2) is 0 Å². The average molecular weight is 407 g/mol. The van der Waals surface area contributed by atoms with Gasteiger partial charge in [0.25, 0.3) is 0 Å². The van der Waals surface area contributed by atoms with Crippen molar-refractivity contribution in [1.82, 2.24) is 10.2 Å². The Hall–Kier alpha value is -2.86. The number of fused-ring (bicyclic) bond motifs is 1. The Bertz CT molecular complexity index is 919. The summed E-state index contributed by atoms with van der Waals surface area (Å²) in [5.41, 5.74) is 5.60. The third-order valence-corrected chi connectivity index (χ3v) is 6.17. The van der Waals surface area contributed by atoms with Crippen molar-refractivity contribution in [2.75, 3.05) is 43.4 Å². The van der Waals surface area contributed by atoms with Crippen molar-refractivity contribution in [2.24, 2.45) is 0 Å². The van der Waals surface area contributed by atoms with Crippen LogP contribution in [-0.2, 0) is 16.0 Å². The van der Waals surface area contributed by atoms with E-state index in [0.717, 1.165) is 31.6 Å². The second-order valence-electron chi connectivity index (χ2n) is 8.35. The van der Waals surface area contributed by atoms with Gasteiger partial charge in [0, 0.05) is 31.5 Å². The van der Waals surface area contributed by atoms with Crippen LogP contribution in [0.1, 0.15) is 35.6 Å². The summed E-state index contributed by atoms with van der Waals surface area (Å²) in [4.78, 5) is 29.5. The van der Waals surface area contributed by atoms with Crippen molar-refractivity contribution >= 4 is 23.2 Å². The molecule has 2 N–H and O–H groups in total. The molecule has 2 aliphatic rings. The zero-order chi connectivity index (χ0) is 21.1. The largest absolute Gasteiger partial charge is 0.374 e. The van der Waals surface area contributed by atoms with E-state index < -0.39 is 11.8 Å². The molecule has 1 atom stereocenters. The van der Waals surface area contributed by atoms with Crippen LogP contribution >= 0.6 is 0 Å². The van der Waals surface area contributed by atoms with Crippen molar-refractivity contribution in [2.45, 2.75) is 32.2 Å². The molecule has 0 spiro atoms. The lowest BCUT2D eigenvalue weighted by Crippen LogP contribution is -2.41. The third kappa shape index (κ3) is 4.49. The minimum absolute atomic E-state index is 0.0832. The number of rotatable bonds is 5. The predicted octanol–water partition coefficient (Wildman–Crippen LogP) is 2.88. The standard InChI is InChI=1S/C24H30N4O2/c1-17-5-8-20(9-6-17)26-24(30)23(29)25-16-22(28-12-3-4-13-28)18-7-10-21-19(15-18)11-14-27(21)2/h5-10,15,22H,3-4,11-14,16H2,1-2H3,(H,25,29)(H,26,30). The average Bonchev–Trinajstić information content (AvgIpc) is 3.40. The number of aryl methyl sites for hydroxylation is 1. The molecule has 2 aromatic carbocycles. The molecule has 6 heteroatoms. The van der Waals surface area contributed by atoms with Crippen LogP contribution in [0.2, 0.25) is 0 Å². The summed E-state index contributed by atoms with van der Waals surface area (Å²) in [7, 11) is 2.12. The first-order valence-corrected chi connectivity index (χ1v) is 10.7. The number of carbonyl (C=O) groups is 2. The van der Waals surface area contributed by atoms with E-state index in [9.17, 15) is 9.59 Å². The Morgan fingerprint density at radius 3 is 2.47 bits per heavy atom. The van der Waals surface area contributed by atoms with E-state index in [1.54, 1.807) is 12.1 Å². The van der Waals surface area contributed by atoms with Crippen LogP contribution in [0, 0.1) is 6.92 Å². The SMILES string of the molecule is Cc1ccc(NC(=O)C(=O)NCC(c2ccc3c(c2)CCN3C)N2CCCC2)cc1. The van der Waals surface area contributed by atoms with Crippen LogP contribution in [0.4, 0.5) is 11.4 Å². The first kappa shape index (κ1) is 20.4. The van der Waals surface area contributed by atoms with Gasteiger partial charge in [-0.3, -0.25) is 14.5 Å². The van der Waals surface area contributed by atoms with Gasteiger partial charge in [0.2, 0.25) is 0 Å². The molecule has 0 aromatic heterocycles. The van der Waals surface area contributed by atoms with E-state index >= 15 is 0 Å². The molecule has 30 heavy (non-hydrogen) atoms. The van der Waals surface area contributed by atoms with Crippen molar-refractivity contribution < 1.29 is 9.59 Å². The maximum Gasteiger partial charge on any atom is 0.313 e. The van der Waals surface area contributed by atoms with Gasteiger partial charge in [0.1, 0.15) is 0 Å². The number of likely N-dealkylation sites (N-methyl/N-ethyl adjacent to an activating group) is 1. The molecule has 2 aromatic rings. The molecule has 6 nitrogen and oxygen atoms in total. The van der Waals surface area contributed by atoms with Crippen LogP contribution in [0.25, 0.3) is 0 Å². The molecule has 0 aliphatic carbocycles. The highest BCUT2D eigenvalue weighted by molar-refractivity contribution is 6.39. The zero-order valence-corrected chi connectivity index (χ0v) is 17.8. The number of hydrogen-bond acceptors (Lipinski definition) is 4. The quantitative estimate of drug-likeness (QED) is 0.750. The van der Waals surface area contributed by atoms with Gasteiger partial charge in [-0.1, -0.05) is 29.8 Å². The van der Waals surface area contributed by atoms with Crippen molar-refractivity contribution in [3.63, 3.8) is 0 Å². The molecular weight excluding hydrogens is 376 g/mol. The molecule has 158 valence electrons. The fourth-order valence-corrected chi connectivity index (χ4v) is 4.40. The minimum atomic E-state index is -0.630. The number of hydrogen-bond donors (Lipinski definition) is 2. The van der Waals surface area contributed by atoms with Crippen LogP contribution in [0.15, 0.2) is 42.5 Å².